The van der Waals surface area contributed by atoms with Gasteiger partial charge in [0.2, 0.25) is 11.9 Å². The summed E-state index contributed by atoms with van der Waals surface area (Å²) in [6.07, 6.45) is 1.29. The molecule has 1 aromatic rings. The van der Waals surface area contributed by atoms with E-state index < -0.39 is 0 Å². The minimum absolute atomic E-state index is 0.370. The first-order chi connectivity index (χ1) is 8.72. The van der Waals surface area contributed by atoms with E-state index in [-0.39, 0.29) is 0 Å². The number of anilines is 2. The van der Waals surface area contributed by atoms with Crippen molar-refractivity contribution >= 4 is 11.9 Å². The van der Waals surface area contributed by atoms with Crippen molar-refractivity contribution in [3.05, 3.63) is 0 Å². The highest BCUT2D eigenvalue weighted by Crippen LogP contribution is 2.37. The molecule has 1 aliphatic rings. The fourth-order valence-corrected chi connectivity index (χ4v) is 1.77. The molecule has 18 heavy (non-hydrogen) atoms. The predicted octanol–water partition coefficient (Wildman–Crippen LogP) is 1.77. The maximum absolute atomic E-state index is 5.33. The zero-order valence-corrected chi connectivity index (χ0v) is 11.2. The third-order valence-corrected chi connectivity index (χ3v) is 3.02. The second-order valence-corrected chi connectivity index (χ2v) is 4.58. The molecular weight excluding hydrogens is 230 g/mol. The van der Waals surface area contributed by atoms with Crippen LogP contribution in [0.2, 0.25) is 0 Å². The Balaban J connectivity index is 2.01. The molecule has 0 radical (unpaired) electrons. The van der Waals surface area contributed by atoms with Crippen LogP contribution in [0.5, 0.6) is 6.01 Å². The largest absolute Gasteiger partial charge is 0.464 e. The number of hydrogen-bond donors (Lipinski definition) is 2. The molecule has 0 spiro atoms. The molecule has 6 nitrogen and oxygen atoms in total. The van der Waals surface area contributed by atoms with Crippen molar-refractivity contribution in [2.45, 2.75) is 27.2 Å². The summed E-state index contributed by atoms with van der Waals surface area (Å²) in [4.78, 5) is 12.7. The third kappa shape index (κ3) is 3.45. The van der Waals surface area contributed by atoms with Crippen LogP contribution in [-0.4, -0.2) is 34.6 Å². The Morgan fingerprint density at radius 3 is 2.39 bits per heavy atom. The van der Waals surface area contributed by atoms with E-state index in [9.17, 15) is 0 Å². The Morgan fingerprint density at radius 1 is 1.17 bits per heavy atom. The molecule has 2 rings (SSSR count). The highest BCUT2D eigenvalue weighted by Gasteiger charge is 2.32. The van der Waals surface area contributed by atoms with Crippen LogP contribution < -0.4 is 15.4 Å². The lowest BCUT2D eigenvalue weighted by Gasteiger charge is -2.09. The van der Waals surface area contributed by atoms with Crippen molar-refractivity contribution in [1.29, 1.82) is 0 Å². The van der Waals surface area contributed by atoms with E-state index >= 15 is 0 Å². The van der Waals surface area contributed by atoms with Crippen molar-refractivity contribution in [3.8, 4) is 6.01 Å². The molecular formula is C12H21N5O. The van der Waals surface area contributed by atoms with Gasteiger partial charge in [-0.15, -0.1) is 0 Å². The van der Waals surface area contributed by atoms with Crippen LogP contribution in [0.3, 0.4) is 0 Å². The normalized spacial score (nSPS) is 21.5. The van der Waals surface area contributed by atoms with Crippen molar-refractivity contribution in [3.63, 3.8) is 0 Å². The topological polar surface area (TPSA) is 72.0 Å². The summed E-state index contributed by atoms with van der Waals surface area (Å²) in [5.41, 5.74) is 0. The van der Waals surface area contributed by atoms with E-state index in [1.807, 2.05) is 13.8 Å². The number of hydrogen-bond acceptors (Lipinski definition) is 6. The van der Waals surface area contributed by atoms with Crippen LogP contribution >= 0.6 is 0 Å². The molecule has 0 bridgehead atoms. The van der Waals surface area contributed by atoms with E-state index in [4.69, 9.17) is 4.74 Å². The SMILES string of the molecule is CCNc1nc(NCC2CC2C)nc(OCC)n1. The average molecular weight is 251 g/mol. The smallest absolute Gasteiger partial charge is 0.323 e. The van der Waals surface area contributed by atoms with Crippen LogP contribution in [0.15, 0.2) is 0 Å². The number of nitrogens with one attached hydrogen (secondary N) is 2. The maximum Gasteiger partial charge on any atom is 0.323 e. The predicted molar refractivity (Wildman–Crippen MR) is 70.9 cm³/mol. The fraction of sp³-hybridized carbons (Fsp3) is 0.750. The molecule has 1 heterocycles. The zero-order chi connectivity index (χ0) is 13.0. The Bertz CT molecular complexity index is 374. The molecule has 0 aliphatic heterocycles. The molecule has 2 atom stereocenters. The van der Waals surface area contributed by atoms with Gasteiger partial charge in [-0.25, -0.2) is 0 Å². The Morgan fingerprint density at radius 2 is 1.83 bits per heavy atom. The molecule has 6 heteroatoms. The third-order valence-electron chi connectivity index (χ3n) is 3.02. The van der Waals surface area contributed by atoms with Gasteiger partial charge in [0.1, 0.15) is 0 Å². The lowest BCUT2D eigenvalue weighted by Crippen LogP contribution is -2.12. The number of nitrogens with zero attached hydrogens (tertiary/aromatic N) is 3. The molecule has 0 amide bonds. The quantitative estimate of drug-likeness (QED) is 0.769. The average Bonchev–Trinajstić information content (AvgIpc) is 3.04. The van der Waals surface area contributed by atoms with Crippen molar-refractivity contribution in [1.82, 2.24) is 15.0 Å². The summed E-state index contributed by atoms with van der Waals surface area (Å²) in [5.74, 6) is 2.71. The number of ether oxygens (including phenoxy) is 1. The maximum atomic E-state index is 5.33. The summed E-state index contributed by atoms with van der Waals surface area (Å²) < 4.78 is 5.33. The first-order valence-electron chi connectivity index (χ1n) is 6.59. The van der Waals surface area contributed by atoms with Gasteiger partial charge in [-0.3, -0.25) is 0 Å². The van der Waals surface area contributed by atoms with Crippen molar-refractivity contribution < 1.29 is 4.74 Å². The molecule has 1 fully saturated rings. The summed E-state index contributed by atoms with van der Waals surface area (Å²) in [6, 6.07) is 0.370. The van der Waals surface area contributed by atoms with E-state index in [0.717, 1.165) is 24.9 Å². The number of rotatable bonds is 7. The van der Waals surface area contributed by atoms with Gasteiger partial charge in [0.25, 0.3) is 0 Å². The molecule has 1 aromatic heterocycles. The lowest BCUT2D eigenvalue weighted by molar-refractivity contribution is 0.312. The molecule has 0 aromatic carbocycles. The Kier molecular flexibility index (Phi) is 4.17. The van der Waals surface area contributed by atoms with Gasteiger partial charge in [0.05, 0.1) is 6.61 Å². The van der Waals surface area contributed by atoms with Crippen LogP contribution in [0.4, 0.5) is 11.9 Å². The minimum Gasteiger partial charge on any atom is -0.464 e. The van der Waals surface area contributed by atoms with Crippen LogP contribution in [0.1, 0.15) is 27.2 Å². The van der Waals surface area contributed by atoms with Gasteiger partial charge >= 0.3 is 6.01 Å². The zero-order valence-electron chi connectivity index (χ0n) is 11.2. The van der Waals surface area contributed by atoms with E-state index in [2.05, 4.69) is 32.5 Å². The Labute approximate surface area is 108 Å². The molecule has 0 saturated heterocycles. The second-order valence-electron chi connectivity index (χ2n) is 4.58. The molecule has 2 unspecified atom stereocenters. The first kappa shape index (κ1) is 12.9. The number of aromatic nitrogens is 3. The van der Waals surface area contributed by atoms with Gasteiger partial charge in [-0.2, -0.15) is 15.0 Å². The van der Waals surface area contributed by atoms with Gasteiger partial charge in [-0.1, -0.05) is 6.92 Å². The van der Waals surface area contributed by atoms with Crippen LogP contribution in [0, 0.1) is 11.8 Å². The standard InChI is InChI=1S/C12H21N5O/c1-4-13-10-15-11(14-7-9-6-8(9)3)17-12(16-10)18-5-2/h8-9H,4-7H2,1-3H3,(H2,13,14,15,16,17). The molecule has 2 N–H and O–H groups in total. The summed E-state index contributed by atoms with van der Waals surface area (Å²) in [6.45, 7) is 8.42. The Hall–Kier alpha value is -1.59. The van der Waals surface area contributed by atoms with Gasteiger partial charge in [0.15, 0.2) is 0 Å². The minimum atomic E-state index is 0.370. The first-order valence-corrected chi connectivity index (χ1v) is 6.59. The second kappa shape index (κ2) is 5.84. The van der Waals surface area contributed by atoms with E-state index in [0.29, 0.717) is 24.5 Å². The van der Waals surface area contributed by atoms with Gasteiger partial charge in [0, 0.05) is 13.1 Å². The molecule has 1 aliphatic carbocycles. The monoisotopic (exact) mass is 251 g/mol. The van der Waals surface area contributed by atoms with Gasteiger partial charge < -0.3 is 15.4 Å². The van der Waals surface area contributed by atoms with E-state index in [1.165, 1.54) is 6.42 Å². The lowest BCUT2D eigenvalue weighted by atomic mass is 10.3. The molecule has 100 valence electrons. The fourth-order valence-electron chi connectivity index (χ4n) is 1.77. The highest BCUT2D eigenvalue weighted by atomic mass is 16.5. The van der Waals surface area contributed by atoms with Crippen molar-refractivity contribution in [2.24, 2.45) is 11.8 Å². The molecule has 1 saturated carbocycles. The van der Waals surface area contributed by atoms with Gasteiger partial charge in [-0.05, 0) is 32.1 Å². The van der Waals surface area contributed by atoms with E-state index in [1.54, 1.807) is 0 Å². The highest BCUT2D eigenvalue weighted by molar-refractivity contribution is 5.35. The summed E-state index contributed by atoms with van der Waals surface area (Å²) >= 11 is 0. The van der Waals surface area contributed by atoms with Crippen LogP contribution in [-0.2, 0) is 0 Å². The van der Waals surface area contributed by atoms with Crippen LogP contribution in [0.25, 0.3) is 0 Å². The summed E-state index contributed by atoms with van der Waals surface area (Å²) in [5, 5.41) is 6.33. The van der Waals surface area contributed by atoms with Crippen molar-refractivity contribution in [2.75, 3.05) is 30.3 Å². The summed E-state index contributed by atoms with van der Waals surface area (Å²) in [7, 11) is 0.